The molecule has 88 valence electrons. The van der Waals surface area contributed by atoms with E-state index in [1.807, 2.05) is 18.9 Å². The summed E-state index contributed by atoms with van der Waals surface area (Å²) in [5.41, 5.74) is 0.705. The molecule has 0 radical (unpaired) electrons. The molecule has 0 heterocycles. The first-order valence-electron chi connectivity index (χ1n) is 5.25. The number of hydrogen-bond donors (Lipinski definition) is 0. The molecule has 1 aromatic carbocycles. The molecular formula is C12H17FN2O. The van der Waals surface area contributed by atoms with Gasteiger partial charge in [-0.25, -0.2) is 4.39 Å². The number of rotatable bonds is 4. The highest BCUT2D eigenvalue weighted by Crippen LogP contribution is 2.13. The van der Waals surface area contributed by atoms with Gasteiger partial charge in [0.05, 0.1) is 6.54 Å². The molecule has 1 amide bonds. The van der Waals surface area contributed by atoms with Crippen LogP contribution in [0.4, 0.5) is 10.1 Å². The van der Waals surface area contributed by atoms with E-state index in [0.717, 1.165) is 6.54 Å². The van der Waals surface area contributed by atoms with E-state index in [4.69, 9.17) is 0 Å². The average Bonchev–Trinajstić information content (AvgIpc) is 2.28. The minimum absolute atomic E-state index is 0.00374. The minimum Gasteiger partial charge on any atom is -0.314 e. The normalized spacial score (nSPS) is 10.6. The third-order valence-corrected chi connectivity index (χ3v) is 2.53. The highest BCUT2D eigenvalue weighted by atomic mass is 19.1. The summed E-state index contributed by atoms with van der Waals surface area (Å²) in [5, 5.41) is 0. The van der Waals surface area contributed by atoms with Crippen LogP contribution < -0.4 is 4.90 Å². The molecule has 1 rings (SSSR count). The second-order valence-corrected chi connectivity index (χ2v) is 3.76. The quantitative estimate of drug-likeness (QED) is 0.777. The van der Waals surface area contributed by atoms with Crippen molar-refractivity contribution in [3.05, 3.63) is 30.1 Å². The molecule has 0 fully saturated rings. The summed E-state index contributed by atoms with van der Waals surface area (Å²) in [4.78, 5) is 15.2. The number of nitrogens with zero attached hydrogens (tertiary/aromatic N) is 2. The van der Waals surface area contributed by atoms with E-state index >= 15 is 0 Å². The summed E-state index contributed by atoms with van der Waals surface area (Å²) in [6.45, 7) is 3.18. The van der Waals surface area contributed by atoms with Crippen molar-refractivity contribution in [2.24, 2.45) is 0 Å². The Bertz CT molecular complexity index is 351. The van der Waals surface area contributed by atoms with Gasteiger partial charge in [0, 0.05) is 12.7 Å². The van der Waals surface area contributed by atoms with Crippen molar-refractivity contribution in [2.75, 3.05) is 32.1 Å². The summed E-state index contributed by atoms with van der Waals surface area (Å²) in [6, 6.07) is 5.89. The van der Waals surface area contributed by atoms with E-state index in [1.165, 1.54) is 17.0 Å². The fourth-order valence-electron chi connectivity index (χ4n) is 1.26. The van der Waals surface area contributed by atoms with Gasteiger partial charge in [-0.2, -0.15) is 0 Å². The van der Waals surface area contributed by atoms with Gasteiger partial charge in [-0.05, 0) is 37.9 Å². The topological polar surface area (TPSA) is 23.6 Å². The first kappa shape index (κ1) is 12.6. The summed E-state index contributed by atoms with van der Waals surface area (Å²) in [7, 11) is 3.58. The Morgan fingerprint density at radius 1 is 1.25 bits per heavy atom. The standard InChI is InChI=1S/C12H17FN2O/c1-4-14(2)9-12(16)15(3)11-7-5-10(13)6-8-11/h5-8H,4,9H2,1-3H3. The maximum Gasteiger partial charge on any atom is 0.240 e. The molecule has 0 N–H and O–H groups in total. The Hall–Kier alpha value is -1.42. The zero-order valence-corrected chi connectivity index (χ0v) is 9.90. The molecule has 4 heteroatoms. The van der Waals surface area contributed by atoms with Crippen LogP contribution in [-0.4, -0.2) is 38.0 Å². The van der Waals surface area contributed by atoms with Crippen LogP contribution in [0.15, 0.2) is 24.3 Å². The Morgan fingerprint density at radius 2 is 1.81 bits per heavy atom. The van der Waals surface area contributed by atoms with Crippen LogP contribution in [0, 0.1) is 5.82 Å². The molecule has 0 saturated carbocycles. The zero-order valence-electron chi connectivity index (χ0n) is 9.90. The molecule has 0 aromatic heterocycles. The van der Waals surface area contributed by atoms with Crippen LogP contribution >= 0.6 is 0 Å². The van der Waals surface area contributed by atoms with Crippen molar-refractivity contribution >= 4 is 11.6 Å². The smallest absolute Gasteiger partial charge is 0.240 e. The van der Waals surface area contributed by atoms with Gasteiger partial charge >= 0.3 is 0 Å². The van der Waals surface area contributed by atoms with Crippen molar-refractivity contribution < 1.29 is 9.18 Å². The molecule has 0 unspecified atom stereocenters. The Balaban J connectivity index is 2.66. The van der Waals surface area contributed by atoms with Crippen molar-refractivity contribution in [3.63, 3.8) is 0 Å². The molecule has 0 aliphatic rings. The lowest BCUT2D eigenvalue weighted by molar-refractivity contribution is -0.119. The predicted molar refractivity (Wildman–Crippen MR) is 63.0 cm³/mol. The number of benzene rings is 1. The van der Waals surface area contributed by atoms with E-state index < -0.39 is 0 Å². The number of hydrogen-bond acceptors (Lipinski definition) is 2. The van der Waals surface area contributed by atoms with Crippen molar-refractivity contribution in [1.29, 1.82) is 0 Å². The first-order valence-corrected chi connectivity index (χ1v) is 5.25. The number of likely N-dealkylation sites (N-methyl/N-ethyl adjacent to an activating group) is 2. The van der Waals surface area contributed by atoms with Crippen LogP contribution in [0.1, 0.15) is 6.92 Å². The van der Waals surface area contributed by atoms with E-state index in [2.05, 4.69) is 0 Å². The third kappa shape index (κ3) is 3.31. The first-order chi connectivity index (χ1) is 7.54. The van der Waals surface area contributed by atoms with Crippen LogP contribution in [0.3, 0.4) is 0 Å². The molecule has 16 heavy (non-hydrogen) atoms. The monoisotopic (exact) mass is 224 g/mol. The zero-order chi connectivity index (χ0) is 12.1. The van der Waals surface area contributed by atoms with E-state index in [-0.39, 0.29) is 11.7 Å². The molecule has 0 saturated heterocycles. The number of carbonyl (C=O) groups is 1. The Morgan fingerprint density at radius 3 is 2.31 bits per heavy atom. The van der Waals surface area contributed by atoms with Crippen LogP contribution in [0.5, 0.6) is 0 Å². The van der Waals surface area contributed by atoms with Crippen LogP contribution in [0.2, 0.25) is 0 Å². The van der Waals surface area contributed by atoms with Crippen molar-refractivity contribution in [1.82, 2.24) is 4.90 Å². The number of carbonyl (C=O) groups excluding carboxylic acids is 1. The maximum atomic E-state index is 12.7. The SMILES string of the molecule is CCN(C)CC(=O)N(C)c1ccc(F)cc1. The lowest BCUT2D eigenvalue weighted by Gasteiger charge is -2.20. The molecule has 1 aromatic rings. The van der Waals surface area contributed by atoms with Crippen LogP contribution in [0.25, 0.3) is 0 Å². The van der Waals surface area contributed by atoms with Gasteiger partial charge < -0.3 is 4.90 Å². The second kappa shape index (κ2) is 5.61. The lowest BCUT2D eigenvalue weighted by atomic mass is 10.3. The van der Waals surface area contributed by atoms with Gasteiger partial charge in [0.1, 0.15) is 5.82 Å². The fourth-order valence-corrected chi connectivity index (χ4v) is 1.26. The van der Waals surface area contributed by atoms with E-state index in [9.17, 15) is 9.18 Å². The molecule has 0 spiro atoms. The second-order valence-electron chi connectivity index (χ2n) is 3.76. The van der Waals surface area contributed by atoms with Gasteiger partial charge in [-0.3, -0.25) is 9.69 Å². The van der Waals surface area contributed by atoms with Gasteiger partial charge in [-0.1, -0.05) is 6.92 Å². The third-order valence-electron chi connectivity index (χ3n) is 2.53. The van der Waals surface area contributed by atoms with E-state index in [1.54, 1.807) is 19.2 Å². The molecule has 3 nitrogen and oxygen atoms in total. The van der Waals surface area contributed by atoms with Crippen molar-refractivity contribution in [3.8, 4) is 0 Å². The highest BCUT2D eigenvalue weighted by Gasteiger charge is 2.12. The Kier molecular flexibility index (Phi) is 4.43. The van der Waals surface area contributed by atoms with Crippen molar-refractivity contribution in [2.45, 2.75) is 6.92 Å². The molecule has 0 bridgehead atoms. The highest BCUT2D eigenvalue weighted by molar-refractivity contribution is 5.94. The van der Waals surface area contributed by atoms with Gasteiger partial charge in [0.15, 0.2) is 0 Å². The Labute approximate surface area is 95.5 Å². The van der Waals surface area contributed by atoms with Gasteiger partial charge in [0.25, 0.3) is 0 Å². The van der Waals surface area contributed by atoms with Gasteiger partial charge in [-0.15, -0.1) is 0 Å². The molecular weight excluding hydrogens is 207 g/mol. The van der Waals surface area contributed by atoms with E-state index in [0.29, 0.717) is 12.2 Å². The summed E-state index contributed by atoms with van der Waals surface area (Å²) < 4.78 is 12.7. The molecule has 0 aliphatic carbocycles. The van der Waals surface area contributed by atoms with Crippen LogP contribution in [-0.2, 0) is 4.79 Å². The lowest BCUT2D eigenvalue weighted by Crippen LogP contribution is -2.36. The summed E-state index contributed by atoms with van der Waals surface area (Å²) in [6.07, 6.45) is 0. The maximum absolute atomic E-state index is 12.7. The minimum atomic E-state index is -0.296. The summed E-state index contributed by atoms with van der Waals surface area (Å²) in [5.74, 6) is -0.300. The summed E-state index contributed by atoms with van der Waals surface area (Å²) >= 11 is 0. The number of amides is 1. The fraction of sp³-hybridized carbons (Fsp3) is 0.417. The predicted octanol–water partition coefficient (Wildman–Crippen LogP) is 1.74. The average molecular weight is 224 g/mol. The largest absolute Gasteiger partial charge is 0.314 e. The number of anilines is 1. The molecule has 0 atom stereocenters. The molecule has 0 aliphatic heterocycles. The van der Waals surface area contributed by atoms with Gasteiger partial charge in [0.2, 0.25) is 5.91 Å². The number of halogens is 1.